The molecule has 0 amide bonds. The van der Waals surface area contributed by atoms with Gasteiger partial charge in [-0.2, -0.15) is 101 Å². The second kappa shape index (κ2) is 37.8. The first-order valence-electron chi connectivity index (χ1n) is 30.7. The highest BCUT2D eigenvalue weighted by molar-refractivity contribution is 7.94. The Bertz CT molecular complexity index is 6650. The Kier molecular flexibility index (Phi) is 31.3. The summed E-state index contributed by atoms with van der Waals surface area (Å²) in [6, 6.07) is 11.4. The molecule has 78 heteroatoms. The number of nitrogens with one attached hydrogen (secondary N) is 3. The Balaban J connectivity index is 1.18. The fourth-order valence-electron chi connectivity index (χ4n) is 10.7. The number of sulfonamides is 3. The molecular weight excluding hydrogens is 2040 g/mol. The largest absolute Gasteiger partial charge is 0.462 e. The molecule has 3 aliphatic rings. The van der Waals surface area contributed by atoms with Crippen LogP contribution < -0.4 is 28.4 Å². The summed E-state index contributed by atoms with van der Waals surface area (Å²) in [5.41, 5.74) is -1.90. The SMILES string of the molecule is O=S(=O)(O)OC[C@H]1O[C@@H](Oc2ccc(NS(=O)(=O)c3ccc4c(S(=O)(=O)Nc5ccc(O[C@@H]6O[C@H](COS(=O)(=O)O)[C@@H](OS(=O)(=O)O)[C@H](OS(=O)(=O)O)[C@H]6OS(=O)(=O)O)cc5)cc(S(=O)(=O)Nc5ccc(O[C@@H]6O[C@H](COS(=O)(=O)O)[C@@H](OS(=O)(=O)O)[C@H](OS(=O)(=O)O)[C@H]6OS(=O)(=O)O)cc5)cc4c3)cc2)[C@H](OS(=O)(=O)O)[C@@H](OS(=O)(=O)O)[C@@H]1OS(=O)(=O)O. The van der Waals surface area contributed by atoms with Crippen LogP contribution in [0.2, 0.25) is 0 Å². The number of hydrogen-bond acceptors (Lipinski definition) is 48. The van der Waals surface area contributed by atoms with Crippen LogP contribution in [0.4, 0.5) is 17.1 Å². The Hall–Kier alpha value is -6.67. The van der Waals surface area contributed by atoms with Gasteiger partial charge >= 0.3 is 125 Å². The smallest absolute Gasteiger partial charge is 0.397 e. The zero-order valence-corrected chi connectivity index (χ0v) is 70.9. The van der Waals surface area contributed by atoms with E-state index in [4.69, 9.17) is 28.4 Å². The number of ether oxygens (including phenoxy) is 6. The van der Waals surface area contributed by atoms with Crippen LogP contribution >= 0.6 is 0 Å². The molecule has 8 rings (SSSR count). The lowest BCUT2D eigenvalue weighted by Gasteiger charge is -2.42. The van der Waals surface area contributed by atoms with Gasteiger partial charge in [0.2, 0.25) is 18.9 Å². The summed E-state index contributed by atoms with van der Waals surface area (Å²) in [5, 5.41) is -1.35. The van der Waals surface area contributed by atoms with E-state index in [2.05, 4.69) is 50.2 Å². The molecule has 3 aliphatic heterocycles. The fourth-order valence-corrected chi connectivity index (χ4v) is 19.7. The van der Waals surface area contributed by atoms with E-state index in [1.165, 1.54) is 0 Å². The van der Waals surface area contributed by atoms with Crippen molar-refractivity contribution in [3.8, 4) is 17.2 Å². The average Bonchev–Trinajstić information content (AvgIpc) is 0.545. The molecule has 3 saturated heterocycles. The predicted octanol–water partition coefficient (Wildman–Crippen LogP) is -5.30. The van der Waals surface area contributed by atoms with Crippen LogP contribution in [0.25, 0.3) is 10.8 Å². The molecule has 3 heterocycles. The van der Waals surface area contributed by atoms with Gasteiger partial charge in [0, 0.05) is 22.4 Å². The molecule has 3 fully saturated rings. The normalized spacial score (nSPS) is 24.8. The van der Waals surface area contributed by atoms with Gasteiger partial charge in [-0.05, 0) is 102 Å². The van der Waals surface area contributed by atoms with E-state index in [0.717, 1.165) is 30.3 Å². The molecule has 63 nitrogen and oxygen atoms in total. The molecule has 0 aliphatic carbocycles. The Morgan fingerprint density at radius 1 is 0.250 bits per heavy atom. The van der Waals surface area contributed by atoms with Crippen molar-refractivity contribution in [2.24, 2.45) is 0 Å². The quantitative estimate of drug-likeness (QED) is 0.0162. The van der Waals surface area contributed by atoms with E-state index in [-0.39, 0.29) is 0 Å². The minimum atomic E-state index is -6.05. The molecular formula is C46H53N3O60S15. The third-order valence-corrected chi connectivity index (χ3v) is 24.5. The fraction of sp³-hybridized carbons (Fsp3) is 0.391. The number of hydrogen-bond donors (Lipinski definition) is 15. The number of benzene rings is 5. The summed E-state index contributed by atoms with van der Waals surface area (Å²) in [7, 11) is -86.9. The number of anilines is 3. The highest BCUT2D eigenvalue weighted by Crippen LogP contribution is 2.40. The van der Waals surface area contributed by atoms with Crippen molar-refractivity contribution in [1.29, 1.82) is 0 Å². The van der Waals surface area contributed by atoms with Crippen molar-refractivity contribution in [1.82, 2.24) is 0 Å². The molecule has 0 radical (unpaired) electrons. The number of rotatable bonds is 42. The second-order valence-electron chi connectivity index (χ2n) is 23.7. The van der Waals surface area contributed by atoms with Crippen LogP contribution in [-0.4, -0.2) is 293 Å². The summed E-state index contributed by atoms with van der Waals surface area (Å²) in [5.74, 6) is -2.26. The minimum absolute atomic E-state index is 0.387. The Morgan fingerprint density at radius 2 is 0.476 bits per heavy atom. The van der Waals surface area contributed by atoms with E-state index >= 15 is 0 Å². The highest BCUT2D eigenvalue weighted by Gasteiger charge is 2.58. The topological polar surface area (TPSA) is 957 Å². The molecule has 15 N–H and O–H groups in total. The first-order chi connectivity index (χ1) is 56.0. The summed E-state index contributed by atoms with van der Waals surface area (Å²) in [6.07, 6.45) is -43.2. The maximum atomic E-state index is 14.8. The molecule has 0 unspecified atom stereocenters. The first kappa shape index (κ1) is 103. The van der Waals surface area contributed by atoms with E-state index in [0.29, 0.717) is 72.8 Å². The molecule has 0 bridgehead atoms. The molecule has 15 atom stereocenters. The van der Waals surface area contributed by atoms with Crippen molar-refractivity contribution >= 4 is 183 Å². The van der Waals surface area contributed by atoms with Crippen molar-refractivity contribution in [2.45, 2.75) is 107 Å². The number of fused-ring (bicyclic) bond motifs is 1. The van der Waals surface area contributed by atoms with Gasteiger partial charge in [0.05, 0.1) is 34.5 Å². The first-order valence-corrected chi connectivity index (χ1v) is 51.5. The zero-order valence-electron chi connectivity index (χ0n) is 58.7. The zero-order chi connectivity index (χ0) is 93.5. The van der Waals surface area contributed by atoms with Crippen molar-refractivity contribution in [3.63, 3.8) is 0 Å². The van der Waals surface area contributed by atoms with Gasteiger partial charge in [0.15, 0.2) is 18.3 Å². The van der Waals surface area contributed by atoms with E-state index in [1.807, 2.05) is 14.2 Å². The Morgan fingerprint density at radius 3 is 0.726 bits per heavy atom. The molecule has 0 spiro atoms. The third kappa shape index (κ3) is 32.2. The van der Waals surface area contributed by atoms with Gasteiger partial charge < -0.3 is 28.4 Å². The highest BCUT2D eigenvalue weighted by atomic mass is 32.3. The summed E-state index contributed by atoms with van der Waals surface area (Å²) in [4.78, 5) is -3.30. The van der Waals surface area contributed by atoms with Gasteiger partial charge in [0.25, 0.3) is 30.1 Å². The summed E-state index contributed by atoms with van der Waals surface area (Å²) in [6.45, 7) is -5.18. The van der Waals surface area contributed by atoms with Gasteiger partial charge in [-0.3, -0.25) is 68.8 Å². The van der Waals surface area contributed by atoms with Gasteiger partial charge in [-0.1, -0.05) is 6.07 Å². The van der Waals surface area contributed by atoms with Crippen molar-refractivity contribution in [2.75, 3.05) is 34.0 Å². The standard InChI is InChI=1S/C46H53N3O60S15/c50-110(51,47-22-1-7-25(8-2-22)95-44-41(107-122(83,84)85)38(104-119(74,75)76)35(101-116(65,66)67)31(98-44)18-92-113(56,57)58)28-13-14-30-21(15-28)16-29(111(52,53)48-23-3-9-26(10-4-23)96-45-42(108-123(86,87)88)39(105-120(77,78)79)36(102-117(68,69)70)32(99-45)19-93-114(59,60)61)17-34(30)112(54,55)49-24-5-11-27(12-6-24)97-46-43(109-124(89,90)91)40(106-121(80,81)82)37(103-118(71,72)73)33(100-46)20-94-115(62,63)64/h1-17,31-33,35-49H,18-20H2,(H,56,57,58)(H,59,60,61)(H,62,63,64)(H,65,66,67)(H,68,69,70)(H,71,72,73)(H,74,75,76)(H,77,78,79)(H,80,81,82)(H,83,84,85)(H,86,87,88)(H,89,90,91)/t31-,32-,33-,35-,36-,37-,38+,39+,40+,41-,42-,43-,44-,45-,46-/m1/s1. The predicted molar refractivity (Wildman–Crippen MR) is 384 cm³/mol. The van der Waals surface area contributed by atoms with Crippen LogP contribution in [0.15, 0.2) is 118 Å². The summed E-state index contributed by atoms with van der Waals surface area (Å²) >= 11 is 0. The van der Waals surface area contributed by atoms with Crippen LogP contribution in [0.5, 0.6) is 17.2 Å². The van der Waals surface area contributed by atoms with E-state index < -0.39 is 327 Å². The molecule has 702 valence electrons. The summed E-state index contributed by atoms with van der Waals surface area (Å²) < 4.78 is 576. The second-order valence-corrected chi connectivity index (χ2v) is 41.4. The third-order valence-electron chi connectivity index (χ3n) is 14.9. The molecule has 5 aromatic carbocycles. The van der Waals surface area contributed by atoms with Crippen LogP contribution in [0, 0.1) is 0 Å². The molecule has 0 aromatic heterocycles. The van der Waals surface area contributed by atoms with Gasteiger partial charge in [-0.25, -0.2) is 75.5 Å². The maximum absolute atomic E-state index is 14.8. The lowest BCUT2D eigenvalue weighted by Crippen LogP contribution is -2.63. The molecule has 5 aromatic rings. The minimum Gasteiger partial charge on any atom is -0.462 e. The molecule has 124 heavy (non-hydrogen) atoms. The van der Waals surface area contributed by atoms with Crippen molar-refractivity contribution < 1.29 is 260 Å². The van der Waals surface area contributed by atoms with Crippen molar-refractivity contribution in [3.05, 3.63) is 103 Å². The van der Waals surface area contributed by atoms with Crippen LogP contribution in [0.3, 0.4) is 0 Å². The van der Waals surface area contributed by atoms with E-state index in [9.17, 15) is 181 Å². The van der Waals surface area contributed by atoms with Gasteiger partial charge in [-0.15, -0.1) is 0 Å². The monoisotopic (exact) mass is 2090 g/mol. The van der Waals surface area contributed by atoms with E-state index in [1.54, 1.807) is 0 Å². The maximum Gasteiger partial charge on any atom is 0.397 e. The van der Waals surface area contributed by atoms with Crippen LogP contribution in [0.1, 0.15) is 0 Å². The Labute approximate surface area is 698 Å². The van der Waals surface area contributed by atoms with Crippen LogP contribution in [-0.2, 0) is 219 Å². The van der Waals surface area contributed by atoms with Gasteiger partial charge in [0.1, 0.15) is 72.2 Å². The molecule has 0 saturated carbocycles. The lowest BCUT2D eigenvalue weighted by molar-refractivity contribution is -0.260. The average molecular weight is 2090 g/mol. The lowest BCUT2D eigenvalue weighted by atomic mass is 9.99.